The van der Waals surface area contributed by atoms with Gasteiger partial charge in [-0.05, 0) is 12.5 Å². The Morgan fingerprint density at radius 1 is 1.31 bits per heavy atom. The van der Waals surface area contributed by atoms with Gasteiger partial charge in [-0.1, -0.05) is 33.6 Å². The minimum absolute atomic E-state index is 0.174. The lowest BCUT2D eigenvalue weighted by Crippen LogP contribution is -2.33. The summed E-state index contributed by atoms with van der Waals surface area (Å²) in [5, 5.41) is 8.63. The van der Waals surface area contributed by atoms with Gasteiger partial charge in [-0.3, -0.25) is 9.69 Å². The molecule has 0 aliphatic rings. The van der Waals surface area contributed by atoms with Gasteiger partial charge in [-0.2, -0.15) is 0 Å². The lowest BCUT2D eigenvalue weighted by Gasteiger charge is -2.23. The molecule has 0 aromatic rings. The van der Waals surface area contributed by atoms with E-state index in [2.05, 4.69) is 13.8 Å². The molecule has 0 saturated carbocycles. The molecule has 0 amide bonds. The number of likely N-dealkylation sites (N-methyl/N-ethyl adjacent to an activating group) is 1. The highest BCUT2D eigenvalue weighted by Crippen LogP contribution is 2.09. The molecule has 0 aromatic heterocycles. The lowest BCUT2D eigenvalue weighted by atomic mass is 10.0. The second kappa shape index (κ2) is 6.89. The maximum atomic E-state index is 10.5. The molecular weight excluding hydrogens is 166 g/mol. The number of hydrogen-bond donors (Lipinski definition) is 1. The maximum absolute atomic E-state index is 10.5. The molecule has 0 rings (SSSR count). The number of rotatable bonds is 7. The third-order valence-corrected chi connectivity index (χ3v) is 2.48. The standard InChI is InChI=1S/C10H21NO2/c1-4-9(5-2)7-11(6-3)8-10(12)13/h9H,4-8H2,1-3H3,(H,12,13). The summed E-state index contributed by atoms with van der Waals surface area (Å²) in [6, 6.07) is 0. The third-order valence-electron chi connectivity index (χ3n) is 2.48. The topological polar surface area (TPSA) is 40.5 Å². The number of carboxylic acid groups (broad SMARTS) is 1. The first-order chi connectivity index (χ1) is 6.13. The Morgan fingerprint density at radius 2 is 1.85 bits per heavy atom. The van der Waals surface area contributed by atoms with E-state index in [1.165, 1.54) is 0 Å². The molecule has 0 atom stereocenters. The van der Waals surface area contributed by atoms with Gasteiger partial charge in [-0.15, -0.1) is 0 Å². The van der Waals surface area contributed by atoms with Crippen LogP contribution in [0.4, 0.5) is 0 Å². The fourth-order valence-corrected chi connectivity index (χ4v) is 1.41. The summed E-state index contributed by atoms with van der Waals surface area (Å²) in [6.07, 6.45) is 2.26. The van der Waals surface area contributed by atoms with Gasteiger partial charge >= 0.3 is 5.97 Å². The molecule has 0 heterocycles. The second-order valence-electron chi connectivity index (χ2n) is 3.40. The van der Waals surface area contributed by atoms with Crippen molar-refractivity contribution in [2.75, 3.05) is 19.6 Å². The molecular formula is C10H21NO2. The molecule has 0 aromatic carbocycles. The van der Waals surface area contributed by atoms with Crippen LogP contribution < -0.4 is 0 Å². The number of carboxylic acids is 1. The number of carbonyl (C=O) groups is 1. The van der Waals surface area contributed by atoms with Crippen molar-refractivity contribution in [3.05, 3.63) is 0 Å². The van der Waals surface area contributed by atoms with E-state index in [0.29, 0.717) is 5.92 Å². The number of nitrogens with zero attached hydrogens (tertiary/aromatic N) is 1. The van der Waals surface area contributed by atoms with Crippen molar-refractivity contribution in [2.24, 2.45) is 5.92 Å². The summed E-state index contributed by atoms with van der Waals surface area (Å²) in [4.78, 5) is 12.5. The summed E-state index contributed by atoms with van der Waals surface area (Å²) in [6.45, 7) is 8.22. The third kappa shape index (κ3) is 5.64. The zero-order valence-corrected chi connectivity index (χ0v) is 8.92. The summed E-state index contributed by atoms with van der Waals surface area (Å²) in [7, 11) is 0. The fourth-order valence-electron chi connectivity index (χ4n) is 1.41. The van der Waals surface area contributed by atoms with Crippen molar-refractivity contribution in [2.45, 2.75) is 33.6 Å². The molecule has 13 heavy (non-hydrogen) atoms. The highest BCUT2D eigenvalue weighted by Gasteiger charge is 2.11. The molecule has 0 spiro atoms. The Kier molecular flexibility index (Phi) is 6.59. The van der Waals surface area contributed by atoms with E-state index < -0.39 is 5.97 Å². The van der Waals surface area contributed by atoms with Crippen LogP contribution in [0.3, 0.4) is 0 Å². The fraction of sp³-hybridized carbons (Fsp3) is 0.900. The average Bonchev–Trinajstić information content (AvgIpc) is 2.11. The van der Waals surface area contributed by atoms with E-state index in [9.17, 15) is 4.79 Å². The van der Waals surface area contributed by atoms with E-state index in [0.717, 1.165) is 25.9 Å². The van der Waals surface area contributed by atoms with Crippen molar-refractivity contribution < 1.29 is 9.90 Å². The van der Waals surface area contributed by atoms with Crippen LogP contribution in [0.1, 0.15) is 33.6 Å². The van der Waals surface area contributed by atoms with Crippen LogP contribution in [0.25, 0.3) is 0 Å². The molecule has 0 fully saturated rings. The number of hydrogen-bond acceptors (Lipinski definition) is 2. The van der Waals surface area contributed by atoms with Gasteiger partial charge in [0.1, 0.15) is 0 Å². The zero-order valence-electron chi connectivity index (χ0n) is 8.92. The summed E-state index contributed by atoms with van der Waals surface area (Å²) < 4.78 is 0. The van der Waals surface area contributed by atoms with Crippen molar-refractivity contribution in [1.82, 2.24) is 4.90 Å². The van der Waals surface area contributed by atoms with Gasteiger partial charge < -0.3 is 5.11 Å². The molecule has 3 nitrogen and oxygen atoms in total. The Balaban J connectivity index is 3.87. The Bertz CT molecular complexity index is 144. The van der Waals surface area contributed by atoms with Gasteiger partial charge in [0.2, 0.25) is 0 Å². The van der Waals surface area contributed by atoms with Crippen LogP contribution in [0.15, 0.2) is 0 Å². The summed E-state index contributed by atoms with van der Waals surface area (Å²) in [5.74, 6) is -0.0906. The monoisotopic (exact) mass is 187 g/mol. The van der Waals surface area contributed by atoms with Gasteiger partial charge in [0.15, 0.2) is 0 Å². The van der Waals surface area contributed by atoms with E-state index in [4.69, 9.17) is 5.11 Å². The molecule has 0 radical (unpaired) electrons. The Morgan fingerprint density at radius 3 is 2.15 bits per heavy atom. The normalized spacial score (nSPS) is 11.2. The quantitative estimate of drug-likeness (QED) is 0.661. The average molecular weight is 187 g/mol. The summed E-state index contributed by atoms with van der Waals surface area (Å²) >= 11 is 0. The van der Waals surface area contributed by atoms with Gasteiger partial charge in [0.05, 0.1) is 6.54 Å². The molecule has 3 heteroatoms. The largest absolute Gasteiger partial charge is 0.480 e. The van der Waals surface area contributed by atoms with E-state index in [1.807, 2.05) is 11.8 Å². The predicted octanol–water partition coefficient (Wildman–Crippen LogP) is 1.83. The predicted molar refractivity (Wildman–Crippen MR) is 53.8 cm³/mol. The van der Waals surface area contributed by atoms with Crippen LogP contribution in [-0.2, 0) is 4.79 Å². The Labute approximate surface area is 80.7 Å². The first kappa shape index (κ1) is 12.4. The molecule has 0 bridgehead atoms. The smallest absolute Gasteiger partial charge is 0.317 e. The SMILES string of the molecule is CCC(CC)CN(CC)CC(=O)O. The van der Waals surface area contributed by atoms with Crippen molar-refractivity contribution in [1.29, 1.82) is 0 Å². The number of aliphatic carboxylic acids is 1. The lowest BCUT2D eigenvalue weighted by molar-refractivity contribution is -0.138. The van der Waals surface area contributed by atoms with Crippen molar-refractivity contribution in [3.63, 3.8) is 0 Å². The Hall–Kier alpha value is -0.570. The molecule has 0 aliphatic carbocycles. The van der Waals surface area contributed by atoms with E-state index in [-0.39, 0.29) is 6.54 Å². The van der Waals surface area contributed by atoms with Crippen LogP contribution in [0, 0.1) is 5.92 Å². The van der Waals surface area contributed by atoms with Crippen molar-refractivity contribution >= 4 is 5.97 Å². The molecule has 78 valence electrons. The van der Waals surface area contributed by atoms with E-state index >= 15 is 0 Å². The van der Waals surface area contributed by atoms with Crippen molar-refractivity contribution in [3.8, 4) is 0 Å². The highest BCUT2D eigenvalue weighted by atomic mass is 16.4. The van der Waals surface area contributed by atoms with Gasteiger partial charge in [0, 0.05) is 6.54 Å². The van der Waals surface area contributed by atoms with Crippen LogP contribution >= 0.6 is 0 Å². The van der Waals surface area contributed by atoms with Crippen LogP contribution in [0.2, 0.25) is 0 Å². The second-order valence-corrected chi connectivity index (χ2v) is 3.40. The van der Waals surface area contributed by atoms with E-state index in [1.54, 1.807) is 0 Å². The van der Waals surface area contributed by atoms with Crippen LogP contribution in [-0.4, -0.2) is 35.6 Å². The van der Waals surface area contributed by atoms with Gasteiger partial charge in [-0.25, -0.2) is 0 Å². The zero-order chi connectivity index (χ0) is 10.3. The molecule has 0 unspecified atom stereocenters. The highest BCUT2D eigenvalue weighted by molar-refractivity contribution is 5.69. The maximum Gasteiger partial charge on any atom is 0.317 e. The summed E-state index contributed by atoms with van der Waals surface area (Å²) in [5.41, 5.74) is 0. The van der Waals surface area contributed by atoms with Crippen LogP contribution in [0.5, 0.6) is 0 Å². The molecule has 0 aliphatic heterocycles. The minimum Gasteiger partial charge on any atom is -0.480 e. The molecule has 1 N–H and O–H groups in total. The first-order valence-electron chi connectivity index (χ1n) is 5.08. The molecule has 0 saturated heterocycles. The van der Waals surface area contributed by atoms with Gasteiger partial charge in [0.25, 0.3) is 0 Å². The first-order valence-corrected chi connectivity index (χ1v) is 5.08. The minimum atomic E-state index is -0.729.